The number of rotatable bonds is 1. The molecule has 1 aromatic heterocycles. The lowest BCUT2D eigenvalue weighted by atomic mass is 10.2. The van der Waals surface area contributed by atoms with Crippen LogP contribution in [0.1, 0.15) is 29.4 Å². The molecule has 2 rings (SSSR count). The normalized spacial score (nSPS) is 20.1. The Morgan fingerprint density at radius 2 is 2.31 bits per heavy atom. The summed E-state index contributed by atoms with van der Waals surface area (Å²) in [6.45, 7) is 5.43. The van der Waals surface area contributed by atoms with Gasteiger partial charge in [0.1, 0.15) is 5.56 Å². The molecule has 1 saturated heterocycles. The van der Waals surface area contributed by atoms with E-state index >= 15 is 0 Å². The maximum atomic E-state index is 12.0. The number of nitrogens with zero attached hydrogens (tertiary/aromatic N) is 1. The number of amides is 1. The Balaban J connectivity index is 2.24. The van der Waals surface area contributed by atoms with E-state index in [0.717, 1.165) is 25.2 Å². The lowest BCUT2D eigenvalue weighted by Crippen LogP contribution is -2.32. The molecule has 0 radical (unpaired) electrons. The van der Waals surface area contributed by atoms with Gasteiger partial charge in [-0.2, -0.15) is 0 Å². The van der Waals surface area contributed by atoms with E-state index in [-0.39, 0.29) is 16.9 Å². The minimum absolute atomic E-state index is 0.148. The van der Waals surface area contributed by atoms with E-state index in [2.05, 4.69) is 11.9 Å². The average molecular weight is 220 g/mol. The van der Waals surface area contributed by atoms with Crippen LogP contribution in [0.25, 0.3) is 0 Å². The third kappa shape index (κ3) is 2.01. The predicted molar refractivity (Wildman–Crippen MR) is 61.5 cm³/mol. The second kappa shape index (κ2) is 4.12. The van der Waals surface area contributed by atoms with Crippen molar-refractivity contribution in [2.75, 3.05) is 13.1 Å². The molecule has 0 saturated carbocycles. The standard InChI is InChI=1S/C12H16N2O2/c1-8-3-4-14(7-8)12(16)10-6-13-9(2)5-11(10)15/h5-6,8H,3-4,7H2,1-2H3,(H,13,15). The average Bonchev–Trinajstić information content (AvgIpc) is 2.64. The molecule has 1 aliphatic rings. The topological polar surface area (TPSA) is 53.2 Å². The van der Waals surface area contributed by atoms with Crippen molar-refractivity contribution < 1.29 is 4.79 Å². The molecule has 0 spiro atoms. The van der Waals surface area contributed by atoms with Gasteiger partial charge in [-0.1, -0.05) is 6.92 Å². The number of aromatic nitrogens is 1. The number of aryl methyl sites for hydroxylation is 1. The first-order chi connectivity index (χ1) is 7.58. The molecule has 1 N–H and O–H groups in total. The summed E-state index contributed by atoms with van der Waals surface area (Å²) >= 11 is 0. The third-order valence-electron chi connectivity index (χ3n) is 3.00. The number of aromatic amines is 1. The maximum Gasteiger partial charge on any atom is 0.259 e. The number of hydrogen-bond acceptors (Lipinski definition) is 2. The summed E-state index contributed by atoms with van der Waals surface area (Å²) in [5.74, 6) is 0.388. The summed E-state index contributed by atoms with van der Waals surface area (Å²) in [7, 11) is 0. The minimum atomic E-state index is -0.194. The van der Waals surface area contributed by atoms with Crippen molar-refractivity contribution in [3.63, 3.8) is 0 Å². The Labute approximate surface area is 94.3 Å². The summed E-state index contributed by atoms with van der Waals surface area (Å²) in [6.07, 6.45) is 2.54. The summed E-state index contributed by atoms with van der Waals surface area (Å²) in [4.78, 5) is 28.3. The van der Waals surface area contributed by atoms with E-state index in [0.29, 0.717) is 5.92 Å². The van der Waals surface area contributed by atoms with E-state index in [1.54, 1.807) is 11.8 Å². The predicted octanol–water partition coefficient (Wildman–Crippen LogP) is 1.17. The van der Waals surface area contributed by atoms with Crippen LogP contribution in [0.5, 0.6) is 0 Å². The Hall–Kier alpha value is -1.58. The number of H-pyrrole nitrogens is 1. The third-order valence-corrected chi connectivity index (χ3v) is 3.00. The van der Waals surface area contributed by atoms with Gasteiger partial charge in [0.05, 0.1) is 0 Å². The second-order valence-electron chi connectivity index (χ2n) is 4.54. The number of carbonyl (C=O) groups excluding carboxylic acids is 1. The zero-order chi connectivity index (χ0) is 11.7. The largest absolute Gasteiger partial charge is 0.364 e. The van der Waals surface area contributed by atoms with Crippen molar-refractivity contribution in [2.24, 2.45) is 5.92 Å². The number of carbonyl (C=O) groups is 1. The zero-order valence-electron chi connectivity index (χ0n) is 9.62. The summed E-state index contributed by atoms with van der Waals surface area (Å²) in [5, 5.41) is 0. The first kappa shape index (κ1) is 10.9. The molecule has 0 aromatic carbocycles. The van der Waals surface area contributed by atoms with Crippen molar-refractivity contribution in [3.8, 4) is 0 Å². The van der Waals surface area contributed by atoms with Crippen LogP contribution in [0.2, 0.25) is 0 Å². The molecule has 4 heteroatoms. The number of nitrogens with one attached hydrogen (secondary N) is 1. The van der Waals surface area contributed by atoms with Crippen LogP contribution in [0, 0.1) is 12.8 Å². The Morgan fingerprint density at radius 1 is 1.56 bits per heavy atom. The molecule has 1 aromatic rings. The van der Waals surface area contributed by atoms with Crippen molar-refractivity contribution >= 4 is 5.91 Å². The van der Waals surface area contributed by atoms with E-state index in [9.17, 15) is 9.59 Å². The fourth-order valence-corrected chi connectivity index (χ4v) is 2.03. The van der Waals surface area contributed by atoms with Gasteiger partial charge in [-0.05, 0) is 19.3 Å². The first-order valence-electron chi connectivity index (χ1n) is 5.56. The van der Waals surface area contributed by atoms with Gasteiger partial charge in [-0.15, -0.1) is 0 Å². The zero-order valence-corrected chi connectivity index (χ0v) is 9.62. The fourth-order valence-electron chi connectivity index (χ4n) is 2.03. The molecular weight excluding hydrogens is 204 g/mol. The highest BCUT2D eigenvalue weighted by atomic mass is 16.2. The van der Waals surface area contributed by atoms with Gasteiger partial charge in [0, 0.05) is 31.0 Å². The highest BCUT2D eigenvalue weighted by Gasteiger charge is 2.25. The first-order valence-corrected chi connectivity index (χ1v) is 5.56. The van der Waals surface area contributed by atoms with E-state index in [4.69, 9.17) is 0 Å². The number of pyridine rings is 1. The Kier molecular flexibility index (Phi) is 2.81. The summed E-state index contributed by atoms with van der Waals surface area (Å²) < 4.78 is 0. The van der Waals surface area contributed by atoms with Gasteiger partial charge in [0.2, 0.25) is 0 Å². The smallest absolute Gasteiger partial charge is 0.259 e. The molecule has 1 aliphatic heterocycles. The van der Waals surface area contributed by atoms with Crippen LogP contribution >= 0.6 is 0 Å². The molecule has 1 amide bonds. The van der Waals surface area contributed by atoms with Crippen LogP contribution in [0.4, 0.5) is 0 Å². The second-order valence-corrected chi connectivity index (χ2v) is 4.54. The van der Waals surface area contributed by atoms with E-state index < -0.39 is 0 Å². The summed E-state index contributed by atoms with van der Waals surface area (Å²) in [6, 6.07) is 1.47. The molecule has 4 nitrogen and oxygen atoms in total. The van der Waals surface area contributed by atoms with Crippen LogP contribution in [0.3, 0.4) is 0 Å². The van der Waals surface area contributed by atoms with Crippen LogP contribution in [-0.4, -0.2) is 28.9 Å². The fraction of sp³-hybridized carbons (Fsp3) is 0.500. The highest BCUT2D eigenvalue weighted by molar-refractivity contribution is 5.94. The van der Waals surface area contributed by atoms with Gasteiger partial charge in [-0.3, -0.25) is 9.59 Å². The maximum absolute atomic E-state index is 12.0. The van der Waals surface area contributed by atoms with Crippen LogP contribution in [-0.2, 0) is 0 Å². The van der Waals surface area contributed by atoms with Gasteiger partial charge in [-0.25, -0.2) is 0 Å². The SMILES string of the molecule is Cc1cc(=O)c(C(=O)N2CCC(C)C2)c[nH]1. The van der Waals surface area contributed by atoms with E-state index in [1.165, 1.54) is 12.3 Å². The van der Waals surface area contributed by atoms with Gasteiger partial charge >= 0.3 is 0 Å². The van der Waals surface area contributed by atoms with Crippen molar-refractivity contribution in [3.05, 3.63) is 33.7 Å². The molecule has 1 atom stereocenters. The van der Waals surface area contributed by atoms with Gasteiger partial charge in [0.15, 0.2) is 5.43 Å². The lowest BCUT2D eigenvalue weighted by Gasteiger charge is -2.15. The van der Waals surface area contributed by atoms with Gasteiger partial charge in [0.25, 0.3) is 5.91 Å². The molecule has 0 bridgehead atoms. The molecule has 16 heavy (non-hydrogen) atoms. The monoisotopic (exact) mass is 220 g/mol. The molecule has 86 valence electrons. The molecule has 1 fully saturated rings. The molecule has 2 heterocycles. The highest BCUT2D eigenvalue weighted by Crippen LogP contribution is 2.16. The van der Waals surface area contributed by atoms with Crippen molar-refractivity contribution in [2.45, 2.75) is 20.3 Å². The molecular formula is C12H16N2O2. The lowest BCUT2D eigenvalue weighted by molar-refractivity contribution is 0.0786. The summed E-state index contributed by atoms with van der Waals surface area (Å²) in [5.41, 5.74) is 0.830. The van der Waals surface area contributed by atoms with Crippen LogP contribution < -0.4 is 5.43 Å². The van der Waals surface area contributed by atoms with Crippen molar-refractivity contribution in [1.82, 2.24) is 9.88 Å². The Morgan fingerprint density at radius 3 is 2.88 bits per heavy atom. The minimum Gasteiger partial charge on any atom is -0.364 e. The number of hydrogen-bond donors (Lipinski definition) is 1. The van der Waals surface area contributed by atoms with Gasteiger partial charge < -0.3 is 9.88 Å². The number of likely N-dealkylation sites (tertiary alicyclic amines) is 1. The Bertz CT molecular complexity index is 464. The molecule has 0 aliphatic carbocycles. The quantitative estimate of drug-likeness (QED) is 0.772. The van der Waals surface area contributed by atoms with E-state index in [1.807, 2.05) is 0 Å². The molecule has 1 unspecified atom stereocenters. The van der Waals surface area contributed by atoms with Crippen molar-refractivity contribution in [1.29, 1.82) is 0 Å². The van der Waals surface area contributed by atoms with Crippen LogP contribution in [0.15, 0.2) is 17.1 Å².